The lowest BCUT2D eigenvalue weighted by atomic mass is 10.2. The number of hydrogen-bond donors (Lipinski definition) is 2. The van der Waals surface area contributed by atoms with E-state index in [1.165, 1.54) is 0 Å². The van der Waals surface area contributed by atoms with Crippen LogP contribution < -0.4 is 5.32 Å². The second-order valence-electron chi connectivity index (χ2n) is 4.11. The Balaban J connectivity index is 1.88. The van der Waals surface area contributed by atoms with Gasteiger partial charge in [-0.15, -0.1) is 0 Å². The van der Waals surface area contributed by atoms with Gasteiger partial charge < -0.3 is 5.32 Å². The highest BCUT2D eigenvalue weighted by Gasteiger charge is 2.09. The van der Waals surface area contributed by atoms with E-state index in [2.05, 4.69) is 38.1 Å². The first-order chi connectivity index (χ1) is 9.24. The maximum absolute atomic E-state index is 12.2. The van der Waals surface area contributed by atoms with Crippen molar-refractivity contribution in [3.05, 3.63) is 57.8 Å². The average Bonchev–Trinajstić information content (AvgIpc) is 2.86. The number of aromatic nitrogens is 2. The Hall–Kier alpha value is -1.89. The smallest absolute Gasteiger partial charge is 0.256 e. The second-order valence-corrected chi connectivity index (χ2v) is 5.27. The molecule has 0 spiro atoms. The molecule has 0 aliphatic carbocycles. The number of fused-ring (bicyclic) bond motifs is 1. The second kappa shape index (κ2) is 5.00. The molecule has 0 fully saturated rings. The summed E-state index contributed by atoms with van der Waals surface area (Å²) in [6.07, 6.45) is 1.73. The zero-order chi connectivity index (χ0) is 13.2. The van der Waals surface area contributed by atoms with Crippen LogP contribution in [0.1, 0.15) is 10.4 Å². The van der Waals surface area contributed by atoms with E-state index in [0.29, 0.717) is 5.56 Å². The number of H-pyrrole nitrogens is 1. The van der Waals surface area contributed by atoms with E-state index in [1.54, 1.807) is 6.20 Å². The number of anilines is 1. The van der Waals surface area contributed by atoms with Crippen molar-refractivity contribution in [2.24, 2.45) is 0 Å². The molecular formula is C14H10IN3O. The number of nitrogens with zero attached hydrogens (tertiary/aromatic N) is 1. The van der Waals surface area contributed by atoms with Crippen LogP contribution in [-0.4, -0.2) is 16.1 Å². The van der Waals surface area contributed by atoms with Crippen molar-refractivity contribution in [1.82, 2.24) is 10.2 Å². The van der Waals surface area contributed by atoms with E-state index in [1.807, 2.05) is 42.5 Å². The van der Waals surface area contributed by atoms with Crippen LogP contribution in [-0.2, 0) is 0 Å². The summed E-state index contributed by atoms with van der Waals surface area (Å²) in [5.41, 5.74) is 2.39. The maximum Gasteiger partial charge on any atom is 0.256 e. The molecule has 2 aromatic carbocycles. The highest BCUT2D eigenvalue weighted by molar-refractivity contribution is 14.1. The number of aromatic amines is 1. The SMILES string of the molecule is O=C(Nc1ccc2[nH]ncc2c1)c1ccccc1I. The van der Waals surface area contributed by atoms with Gasteiger partial charge in [-0.2, -0.15) is 5.10 Å². The van der Waals surface area contributed by atoms with E-state index < -0.39 is 0 Å². The molecule has 0 saturated carbocycles. The number of benzene rings is 2. The van der Waals surface area contributed by atoms with Gasteiger partial charge in [-0.3, -0.25) is 9.89 Å². The molecule has 3 aromatic rings. The number of nitrogens with one attached hydrogen (secondary N) is 2. The summed E-state index contributed by atoms with van der Waals surface area (Å²) in [6, 6.07) is 13.1. The minimum absolute atomic E-state index is 0.104. The zero-order valence-corrected chi connectivity index (χ0v) is 12.0. The molecule has 94 valence electrons. The third-order valence-corrected chi connectivity index (χ3v) is 3.76. The van der Waals surface area contributed by atoms with Crippen LogP contribution in [0.5, 0.6) is 0 Å². The molecule has 2 N–H and O–H groups in total. The molecule has 0 aliphatic heterocycles. The van der Waals surface area contributed by atoms with Crippen LogP contribution >= 0.6 is 22.6 Å². The van der Waals surface area contributed by atoms with Crippen LogP contribution in [0.15, 0.2) is 48.7 Å². The van der Waals surface area contributed by atoms with Crippen LogP contribution in [0.3, 0.4) is 0 Å². The Bertz CT molecular complexity index is 751. The van der Waals surface area contributed by atoms with Crippen molar-refractivity contribution in [3.63, 3.8) is 0 Å². The Labute approximate surface area is 123 Å². The summed E-state index contributed by atoms with van der Waals surface area (Å²) in [4.78, 5) is 12.2. The summed E-state index contributed by atoms with van der Waals surface area (Å²) in [5, 5.41) is 10.7. The molecule has 1 aromatic heterocycles. The number of hydrogen-bond acceptors (Lipinski definition) is 2. The van der Waals surface area contributed by atoms with Gasteiger partial charge in [0.1, 0.15) is 0 Å². The van der Waals surface area contributed by atoms with Gasteiger partial charge in [0.25, 0.3) is 5.91 Å². The molecule has 0 aliphatic rings. The van der Waals surface area contributed by atoms with Crippen LogP contribution in [0.25, 0.3) is 10.9 Å². The van der Waals surface area contributed by atoms with Crippen molar-refractivity contribution in [2.45, 2.75) is 0 Å². The van der Waals surface area contributed by atoms with Crippen LogP contribution in [0, 0.1) is 3.57 Å². The fraction of sp³-hybridized carbons (Fsp3) is 0. The molecule has 1 amide bonds. The molecule has 1 heterocycles. The van der Waals surface area contributed by atoms with Crippen LogP contribution in [0.2, 0.25) is 0 Å². The number of rotatable bonds is 2. The molecule has 3 rings (SSSR count). The first kappa shape index (κ1) is 12.2. The zero-order valence-electron chi connectivity index (χ0n) is 9.85. The number of carbonyl (C=O) groups excluding carboxylic acids is 1. The highest BCUT2D eigenvalue weighted by Crippen LogP contribution is 2.18. The Morgan fingerprint density at radius 1 is 1.21 bits per heavy atom. The molecule has 4 nitrogen and oxygen atoms in total. The van der Waals surface area contributed by atoms with Crippen molar-refractivity contribution < 1.29 is 4.79 Å². The van der Waals surface area contributed by atoms with E-state index in [0.717, 1.165) is 20.2 Å². The van der Waals surface area contributed by atoms with Gasteiger partial charge in [0, 0.05) is 14.6 Å². The lowest BCUT2D eigenvalue weighted by molar-refractivity contribution is 0.102. The van der Waals surface area contributed by atoms with Gasteiger partial charge >= 0.3 is 0 Å². The van der Waals surface area contributed by atoms with Gasteiger partial charge in [0.05, 0.1) is 17.3 Å². The topological polar surface area (TPSA) is 57.8 Å². The van der Waals surface area contributed by atoms with E-state index in [9.17, 15) is 4.79 Å². The van der Waals surface area contributed by atoms with Gasteiger partial charge in [-0.05, 0) is 52.9 Å². The average molecular weight is 363 g/mol. The molecule has 19 heavy (non-hydrogen) atoms. The Morgan fingerprint density at radius 3 is 2.89 bits per heavy atom. The van der Waals surface area contributed by atoms with E-state index >= 15 is 0 Å². The normalized spacial score (nSPS) is 10.6. The number of halogens is 1. The quantitative estimate of drug-likeness (QED) is 0.686. The third-order valence-electron chi connectivity index (χ3n) is 2.82. The fourth-order valence-electron chi connectivity index (χ4n) is 1.86. The summed E-state index contributed by atoms with van der Waals surface area (Å²) in [5.74, 6) is -0.104. The first-order valence-electron chi connectivity index (χ1n) is 5.73. The monoisotopic (exact) mass is 363 g/mol. The molecule has 0 bridgehead atoms. The largest absolute Gasteiger partial charge is 0.322 e. The highest BCUT2D eigenvalue weighted by atomic mass is 127. The van der Waals surface area contributed by atoms with Crippen molar-refractivity contribution in [2.75, 3.05) is 5.32 Å². The van der Waals surface area contributed by atoms with Gasteiger partial charge in [-0.1, -0.05) is 12.1 Å². The van der Waals surface area contributed by atoms with Gasteiger partial charge in [0.15, 0.2) is 0 Å². The Kier molecular flexibility index (Phi) is 3.20. The minimum atomic E-state index is -0.104. The standard InChI is InChI=1S/C14H10IN3O/c15-12-4-2-1-3-11(12)14(19)17-10-5-6-13-9(7-10)8-16-18-13/h1-8H,(H,16,18)(H,17,19). The summed E-state index contributed by atoms with van der Waals surface area (Å²) in [6.45, 7) is 0. The lowest BCUT2D eigenvalue weighted by Gasteiger charge is -2.06. The van der Waals surface area contributed by atoms with E-state index in [-0.39, 0.29) is 5.91 Å². The van der Waals surface area contributed by atoms with Crippen LogP contribution in [0.4, 0.5) is 5.69 Å². The van der Waals surface area contributed by atoms with E-state index in [4.69, 9.17) is 0 Å². The molecule has 0 radical (unpaired) electrons. The molecule has 0 saturated heterocycles. The van der Waals surface area contributed by atoms with Crippen molar-refractivity contribution >= 4 is 45.1 Å². The first-order valence-corrected chi connectivity index (χ1v) is 6.81. The Morgan fingerprint density at radius 2 is 2.05 bits per heavy atom. The number of amides is 1. The summed E-state index contributed by atoms with van der Waals surface area (Å²) in [7, 11) is 0. The summed E-state index contributed by atoms with van der Waals surface area (Å²) < 4.78 is 0.932. The van der Waals surface area contributed by atoms with Crippen molar-refractivity contribution in [1.29, 1.82) is 0 Å². The minimum Gasteiger partial charge on any atom is -0.322 e. The molecular weight excluding hydrogens is 353 g/mol. The van der Waals surface area contributed by atoms with Gasteiger partial charge in [0.2, 0.25) is 0 Å². The lowest BCUT2D eigenvalue weighted by Crippen LogP contribution is -2.13. The molecule has 0 unspecified atom stereocenters. The predicted molar refractivity (Wildman–Crippen MR) is 83.2 cm³/mol. The predicted octanol–water partition coefficient (Wildman–Crippen LogP) is 3.42. The fourth-order valence-corrected chi connectivity index (χ4v) is 2.50. The van der Waals surface area contributed by atoms with Gasteiger partial charge in [-0.25, -0.2) is 0 Å². The molecule has 5 heteroatoms. The molecule has 0 atom stereocenters. The summed E-state index contributed by atoms with van der Waals surface area (Å²) >= 11 is 2.16. The maximum atomic E-state index is 12.2. The van der Waals surface area contributed by atoms with Crippen molar-refractivity contribution in [3.8, 4) is 0 Å². The number of carbonyl (C=O) groups is 1. The third kappa shape index (κ3) is 2.46.